The second-order valence-corrected chi connectivity index (χ2v) is 7.52. The van der Waals surface area contributed by atoms with E-state index >= 15 is 0 Å². The van der Waals surface area contributed by atoms with E-state index in [9.17, 15) is 13.2 Å². The van der Waals surface area contributed by atoms with Gasteiger partial charge >= 0.3 is 5.97 Å². The SMILES string of the molecule is Cc1nc2ccccc2nc1COC(=O)c1cccc(NS(C)(=O)=O)c1. The number of carbonyl (C=O) groups is 1. The first-order chi connectivity index (χ1) is 12.3. The maximum atomic E-state index is 12.3. The standard InChI is InChI=1S/C18H17N3O4S/c1-12-17(20-16-9-4-3-8-15(16)19-12)11-25-18(22)13-6-5-7-14(10-13)21-26(2,23)24/h3-10,21H,11H2,1-2H3. The molecule has 8 heteroatoms. The molecule has 0 atom stereocenters. The molecule has 1 aromatic heterocycles. The molecule has 0 unspecified atom stereocenters. The highest BCUT2D eigenvalue weighted by molar-refractivity contribution is 7.92. The Morgan fingerprint density at radius 3 is 2.46 bits per heavy atom. The molecule has 0 aliphatic carbocycles. The Morgan fingerprint density at radius 2 is 1.77 bits per heavy atom. The highest BCUT2D eigenvalue weighted by Gasteiger charge is 2.12. The number of para-hydroxylation sites is 2. The fourth-order valence-electron chi connectivity index (χ4n) is 2.40. The Hall–Kier alpha value is -3.00. The summed E-state index contributed by atoms with van der Waals surface area (Å²) in [6.45, 7) is 1.78. The molecule has 3 aromatic rings. The van der Waals surface area contributed by atoms with Crippen LogP contribution in [0.15, 0.2) is 48.5 Å². The number of carbonyl (C=O) groups excluding carboxylic acids is 1. The monoisotopic (exact) mass is 371 g/mol. The fraction of sp³-hybridized carbons (Fsp3) is 0.167. The lowest BCUT2D eigenvalue weighted by atomic mass is 10.2. The Labute approximate surface area is 151 Å². The maximum absolute atomic E-state index is 12.3. The number of hydrogen-bond donors (Lipinski definition) is 1. The topological polar surface area (TPSA) is 98.2 Å². The Kier molecular flexibility index (Phi) is 4.85. The minimum absolute atomic E-state index is 0.0216. The smallest absolute Gasteiger partial charge is 0.338 e. The van der Waals surface area contributed by atoms with Gasteiger partial charge in [-0.1, -0.05) is 18.2 Å². The lowest BCUT2D eigenvalue weighted by Crippen LogP contribution is -2.11. The lowest BCUT2D eigenvalue weighted by Gasteiger charge is -2.09. The van der Waals surface area contributed by atoms with Crippen molar-refractivity contribution in [1.29, 1.82) is 0 Å². The molecule has 0 fully saturated rings. The molecule has 26 heavy (non-hydrogen) atoms. The van der Waals surface area contributed by atoms with Gasteiger partial charge in [0.2, 0.25) is 10.0 Å². The molecule has 0 saturated carbocycles. The summed E-state index contributed by atoms with van der Waals surface area (Å²) in [4.78, 5) is 21.2. The van der Waals surface area contributed by atoms with Crippen molar-refractivity contribution >= 4 is 32.7 Å². The molecule has 0 spiro atoms. The molecule has 1 heterocycles. The normalized spacial score (nSPS) is 11.3. The summed E-state index contributed by atoms with van der Waals surface area (Å²) in [5.74, 6) is -0.573. The van der Waals surface area contributed by atoms with Crippen molar-refractivity contribution in [3.63, 3.8) is 0 Å². The minimum Gasteiger partial charge on any atom is -0.456 e. The summed E-state index contributed by atoms with van der Waals surface area (Å²) in [5, 5.41) is 0. The van der Waals surface area contributed by atoms with Crippen LogP contribution in [0, 0.1) is 6.92 Å². The first-order valence-corrected chi connectivity index (χ1v) is 9.68. The van der Waals surface area contributed by atoms with E-state index in [0.29, 0.717) is 17.1 Å². The predicted molar refractivity (Wildman–Crippen MR) is 98.3 cm³/mol. The molecule has 0 aliphatic heterocycles. The number of fused-ring (bicyclic) bond motifs is 1. The van der Waals surface area contributed by atoms with Crippen LogP contribution in [0.2, 0.25) is 0 Å². The van der Waals surface area contributed by atoms with Crippen molar-refractivity contribution in [1.82, 2.24) is 9.97 Å². The number of nitrogens with one attached hydrogen (secondary N) is 1. The average Bonchev–Trinajstić information content (AvgIpc) is 2.58. The van der Waals surface area contributed by atoms with E-state index in [1.54, 1.807) is 25.1 Å². The molecule has 1 N–H and O–H groups in total. The van der Waals surface area contributed by atoms with Gasteiger partial charge in [0.25, 0.3) is 0 Å². The van der Waals surface area contributed by atoms with Crippen LogP contribution in [-0.4, -0.2) is 30.6 Å². The number of hydrogen-bond acceptors (Lipinski definition) is 6. The van der Waals surface area contributed by atoms with Crippen molar-refractivity contribution in [3.05, 3.63) is 65.5 Å². The van der Waals surface area contributed by atoms with Crippen LogP contribution >= 0.6 is 0 Å². The lowest BCUT2D eigenvalue weighted by molar-refractivity contribution is 0.0467. The molecule has 134 valence electrons. The van der Waals surface area contributed by atoms with Crippen molar-refractivity contribution < 1.29 is 17.9 Å². The number of aryl methyl sites for hydroxylation is 1. The molecule has 0 saturated heterocycles. The van der Waals surface area contributed by atoms with Gasteiger partial charge in [0, 0.05) is 5.69 Å². The highest BCUT2D eigenvalue weighted by atomic mass is 32.2. The predicted octanol–water partition coefficient (Wildman–Crippen LogP) is 2.67. The number of aromatic nitrogens is 2. The van der Waals surface area contributed by atoms with Crippen molar-refractivity contribution in [3.8, 4) is 0 Å². The average molecular weight is 371 g/mol. The van der Waals surface area contributed by atoms with Crippen LogP contribution < -0.4 is 4.72 Å². The third-order valence-electron chi connectivity index (χ3n) is 3.58. The molecule has 0 radical (unpaired) electrons. The highest BCUT2D eigenvalue weighted by Crippen LogP contribution is 2.16. The zero-order valence-electron chi connectivity index (χ0n) is 14.3. The van der Waals surface area contributed by atoms with Crippen LogP contribution in [0.1, 0.15) is 21.7 Å². The molecular formula is C18H17N3O4S. The molecule has 2 aromatic carbocycles. The molecule has 3 rings (SSSR count). The van der Waals surface area contributed by atoms with Gasteiger partial charge < -0.3 is 4.74 Å². The molecule has 0 amide bonds. The summed E-state index contributed by atoms with van der Waals surface area (Å²) in [7, 11) is -3.42. The van der Waals surface area contributed by atoms with Gasteiger partial charge in [0.15, 0.2) is 0 Å². The number of ether oxygens (including phenoxy) is 1. The van der Waals surface area contributed by atoms with E-state index in [-0.39, 0.29) is 12.2 Å². The zero-order chi connectivity index (χ0) is 18.7. The van der Waals surface area contributed by atoms with Gasteiger partial charge in [-0.05, 0) is 37.3 Å². The summed E-state index contributed by atoms with van der Waals surface area (Å²) >= 11 is 0. The number of esters is 1. The zero-order valence-corrected chi connectivity index (χ0v) is 15.1. The Balaban J connectivity index is 1.75. The number of rotatable bonds is 5. The quantitative estimate of drug-likeness (QED) is 0.693. The van der Waals surface area contributed by atoms with E-state index in [4.69, 9.17) is 4.74 Å². The fourth-order valence-corrected chi connectivity index (χ4v) is 2.96. The molecule has 7 nitrogen and oxygen atoms in total. The van der Waals surface area contributed by atoms with Gasteiger partial charge in [-0.25, -0.2) is 23.2 Å². The second-order valence-electron chi connectivity index (χ2n) is 5.78. The maximum Gasteiger partial charge on any atom is 0.338 e. The van der Waals surface area contributed by atoms with Crippen LogP contribution in [-0.2, 0) is 21.4 Å². The minimum atomic E-state index is -3.42. The van der Waals surface area contributed by atoms with Crippen molar-refractivity contribution in [2.75, 3.05) is 11.0 Å². The van der Waals surface area contributed by atoms with Crippen LogP contribution in [0.25, 0.3) is 11.0 Å². The first kappa shape index (κ1) is 17.8. The van der Waals surface area contributed by atoms with Crippen molar-refractivity contribution in [2.45, 2.75) is 13.5 Å². The summed E-state index contributed by atoms with van der Waals surface area (Å²) in [6.07, 6.45) is 1.04. The van der Waals surface area contributed by atoms with E-state index in [1.165, 1.54) is 6.07 Å². The number of sulfonamides is 1. The Bertz CT molecular complexity index is 1080. The molecule has 0 aliphatic rings. The first-order valence-electron chi connectivity index (χ1n) is 7.79. The van der Waals surface area contributed by atoms with Crippen LogP contribution in [0.4, 0.5) is 5.69 Å². The third kappa shape index (κ3) is 4.34. The molecular weight excluding hydrogens is 354 g/mol. The van der Waals surface area contributed by atoms with Gasteiger partial charge in [-0.3, -0.25) is 4.72 Å². The van der Waals surface area contributed by atoms with Gasteiger partial charge in [0.05, 0.1) is 34.2 Å². The summed E-state index contributed by atoms with van der Waals surface area (Å²) in [6, 6.07) is 13.5. The van der Waals surface area contributed by atoms with E-state index in [0.717, 1.165) is 17.3 Å². The van der Waals surface area contributed by atoms with Gasteiger partial charge in [0.1, 0.15) is 6.61 Å². The van der Waals surface area contributed by atoms with E-state index in [2.05, 4.69) is 14.7 Å². The van der Waals surface area contributed by atoms with Crippen LogP contribution in [0.5, 0.6) is 0 Å². The van der Waals surface area contributed by atoms with Crippen LogP contribution in [0.3, 0.4) is 0 Å². The number of benzene rings is 2. The van der Waals surface area contributed by atoms with E-state index < -0.39 is 16.0 Å². The van der Waals surface area contributed by atoms with E-state index in [1.807, 2.05) is 24.3 Å². The van der Waals surface area contributed by atoms with Gasteiger partial charge in [-0.2, -0.15) is 0 Å². The largest absolute Gasteiger partial charge is 0.456 e. The third-order valence-corrected chi connectivity index (χ3v) is 4.19. The van der Waals surface area contributed by atoms with Gasteiger partial charge in [-0.15, -0.1) is 0 Å². The second kappa shape index (κ2) is 7.09. The summed E-state index contributed by atoms with van der Waals surface area (Å²) in [5.41, 5.74) is 3.29. The van der Waals surface area contributed by atoms with Crippen molar-refractivity contribution in [2.24, 2.45) is 0 Å². The Morgan fingerprint density at radius 1 is 1.08 bits per heavy atom. The summed E-state index contributed by atoms with van der Waals surface area (Å²) < 4.78 is 30.2. The number of anilines is 1. The molecule has 0 bridgehead atoms. The number of nitrogens with zero attached hydrogens (tertiary/aromatic N) is 2.